The zero-order valence-electron chi connectivity index (χ0n) is 15.9. The van der Waals surface area contributed by atoms with Gasteiger partial charge in [0.25, 0.3) is 0 Å². The minimum absolute atomic E-state index is 1.02. The third-order valence-corrected chi connectivity index (χ3v) is 6.57. The Bertz CT molecular complexity index is 1620. The van der Waals surface area contributed by atoms with Crippen molar-refractivity contribution in [1.29, 1.82) is 0 Å². The molecule has 0 heteroatoms. The molecule has 7 rings (SSSR count). The Balaban J connectivity index is 1.53. The molecule has 0 unspecified atom stereocenters. The van der Waals surface area contributed by atoms with Gasteiger partial charge in [0.15, 0.2) is 0 Å². The van der Waals surface area contributed by atoms with Crippen molar-refractivity contribution in [1.82, 2.24) is 0 Å². The predicted octanol–water partition coefficient (Wildman–Crippen LogP) is 7.87. The summed E-state index contributed by atoms with van der Waals surface area (Å²) in [5, 5.41) is 10.6. The maximum atomic E-state index is 2.42. The molecular weight excluding hydrogens is 348 g/mol. The molecule has 0 atom stereocenters. The van der Waals surface area contributed by atoms with Gasteiger partial charge in [-0.15, -0.1) is 0 Å². The van der Waals surface area contributed by atoms with Crippen molar-refractivity contribution in [3.05, 3.63) is 108 Å². The second-order valence-corrected chi connectivity index (χ2v) is 8.25. The standard InChI is InChI=1S/C29H18/c1-2-7-20-12-23-16-27-25(14-22(23)11-19(20)6-1)15-24-13-21-10-9-18-5-3-4-8-26(18)28(21)17-29(24)27/h1-14,16-17H,15H2. The second kappa shape index (κ2) is 5.46. The second-order valence-electron chi connectivity index (χ2n) is 8.25. The van der Waals surface area contributed by atoms with Gasteiger partial charge in [0.2, 0.25) is 0 Å². The Morgan fingerprint density at radius 3 is 1.76 bits per heavy atom. The lowest BCUT2D eigenvalue weighted by Crippen LogP contribution is -1.83. The molecule has 0 spiro atoms. The van der Waals surface area contributed by atoms with Crippen molar-refractivity contribution in [3.8, 4) is 11.1 Å². The van der Waals surface area contributed by atoms with Crippen molar-refractivity contribution in [2.45, 2.75) is 6.42 Å². The third kappa shape index (κ3) is 2.14. The Morgan fingerprint density at radius 1 is 0.379 bits per heavy atom. The van der Waals surface area contributed by atoms with E-state index in [0.29, 0.717) is 0 Å². The molecule has 0 heterocycles. The Morgan fingerprint density at radius 2 is 0.966 bits per heavy atom. The van der Waals surface area contributed by atoms with Gasteiger partial charge >= 0.3 is 0 Å². The predicted molar refractivity (Wildman–Crippen MR) is 125 cm³/mol. The van der Waals surface area contributed by atoms with Crippen molar-refractivity contribution in [3.63, 3.8) is 0 Å². The van der Waals surface area contributed by atoms with Crippen LogP contribution in [-0.2, 0) is 6.42 Å². The highest BCUT2D eigenvalue weighted by molar-refractivity contribution is 6.10. The highest BCUT2D eigenvalue weighted by atomic mass is 14.2. The molecule has 0 nitrogen and oxygen atoms in total. The average Bonchev–Trinajstić information content (AvgIpc) is 3.10. The molecule has 0 amide bonds. The fraction of sp³-hybridized carbons (Fsp3) is 0.0345. The van der Waals surface area contributed by atoms with E-state index in [0.717, 1.165) is 6.42 Å². The zero-order valence-corrected chi connectivity index (χ0v) is 15.9. The van der Waals surface area contributed by atoms with Gasteiger partial charge in [-0.25, -0.2) is 0 Å². The molecule has 0 aromatic heterocycles. The number of hydrogen-bond acceptors (Lipinski definition) is 0. The first-order valence-corrected chi connectivity index (χ1v) is 10.2. The van der Waals surface area contributed by atoms with E-state index < -0.39 is 0 Å². The molecule has 0 saturated carbocycles. The Kier molecular flexibility index (Phi) is 2.88. The van der Waals surface area contributed by atoms with Crippen LogP contribution in [0.1, 0.15) is 11.1 Å². The average molecular weight is 366 g/mol. The van der Waals surface area contributed by atoms with Gasteiger partial charge in [0, 0.05) is 0 Å². The molecule has 0 bridgehead atoms. The van der Waals surface area contributed by atoms with Crippen LogP contribution in [0.3, 0.4) is 0 Å². The molecule has 0 fully saturated rings. The fourth-order valence-electron chi connectivity index (χ4n) is 5.14. The summed E-state index contributed by atoms with van der Waals surface area (Å²) in [6, 6.07) is 36.2. The van der Waals surface area contributed by atoms with Gasteiger partial charge in [0.1, 0.15) is 0 Å². The van der Waals surface area contributed by atoms with Gasteiger partial charge in [-0.3, -0.25) is 0 Å². The SMILES string of the molecule is c1ccc2cc3cc4c(cc3cc2c1)Cc1cc2ccc3ccccc3c2cc1-4. The van der Waals surface area contributed by atoms with Crippen LogP contribution >= 0.6 is 0 Å². The zero-order chi connectivity index (χ0) is 18.9. The van der Waals surface area contributed by atoms with E-state index in [1.54, 1.807) is 0 Å². The quantitative estimate of drug-likeness (QED) is 0.189. The van der Waals surface area contributed by atoms with Crippen LogP contribution in [0.4, 0.5) is 0 Å². The third-order valence-electron chi connectivity index (χ3n) is 6.57. The van der Waals surface area contributed by atoms with E-state index >= 15 is 0 Å². The van der Waals surface area contributed by atoms with Crippen molar-refractivity contribution in [2.24, 2.45) is 0 Å². The van der Waals surface area contributed by atoms with E-state index in [4.69, 9.17) is 0 Å². The van der Waals surface area contributed by atoms with Gasteiger partial charge in [-0.05, 0) is 96.0 Å². The topological polar surface area (TPSA) is 0 Å². The summed E-state index contributed by atoms with van der Waals surface area (Å²) < 4.78 is 0. The first-order chi connectivity index (χ1) is 14.3. The van der Waals surface area contributed by atoms with Gasteiger partial charge in [-0.1, -0.05) is 72.8 Å². The maximum absolute atomic E-state index is 2.42. The number of fused-ring (bicyclic) bond motifs is 8. The summed E-state index contributed by atoms with van der Waals surface area (Å²) in [6.45, 7) is 0. The fourth-order valence-corrected chi connectivity index (χ4v) is 5.14. The molecule has 0 radical (unpaired) electrons. The molecule has 6 aromatic carbocycles. The number of rotatable bonds is 0. The minimum Gasteiger partial charge on any atom is -0.0616 e. The summed E-state index contributed by atoms with van der Waals surface area (Å²) >= 11 is 0. The van der Waals surface area contributed by atoms with E-state index in [9.17, 15) is 0 Å². The smallest absolute Gasteiger partial charge is 0.00130 e. The van der Waals surface area contributed by atoms with Crippen LogP contribution in [0.2, 0.25) is 0 Å². The lowest BCUT2D eigenvalue weighted by molar-refractivity contribution is 1.28. The van der Waals surface area contributed by atoms with Gasteiger partial charge in [0.05, 0.1) is 0 Å². The summed E-state index contributed by atoms with van der Waals surface area (Å²) in [4.78, 5) is 0. The monoisotopic (exact) mass is 366 g/mol. The van der Waals surface area contributed by atoms with Crippen LogP contribution in [0.25, 0.3) is 54.2 Å². The summed E-state index contributed by atoms with van der Waals surface area (Å²) in [7, 11) is 0. The largest absolute Gasteiger partial charge is 0.0616 e. The maximum Gasteiger partial charge on any atom is -0.00130 e. The van der Waals surface area contributed by atoms with E-state index in [1.807, 2.05) is 0 Å². The molecule has 1 aliphatic rings. The molecule has 6 aromatic rings. The molecule has 0 saturated heterocycles. The molecule has 134 valence electrons. The molecular formula is C29H18. The molecule has 0 N–H and O–H groups in total. The highest BCUT2D eigenvalue weighted by Gasteiger charge is 2.20. The number of benzene rings is 6. The highest BCUT2D eigenvalue weighted by Crippen LogP contribution is 2.42. The molecule has 29 heavy (non-hydrogen) atoms. The Hall–Kier alpha value is -3.64. The van der Waals surface area contributed by atoms with Crippen LogP contribution < -0.4 is 0 Å². The lowest BCUT2D eigenvalue weighted by atomic mass is 9.95. The molecule has 0 aliphatic heterocycles. The van der Waals surface area contributed by atoms with Gasteiger partial charge < -0.3 is 0 Å². The van der Waals surface area contributed by atoms with Crippen LogP contribution in [0, 0.1) is 0 Å². The lowest BCUT2D eigenvalue weighted by Gasteiger charge is -2.09. The van der Waals surface area contributed by atoms with Crippen molar-refractivity contribution in [2.75, 3.05) is 0 Å². The first kappa shape index (κ1) is 15.3. The van der Waals surface area contributed by atoms with E-state index in [1.165, 1.54) is 65.3 Å². The van der Waals surface area contributed by atoms with Crippen molar-refractivity contribution >= 4 is 43.1 Å². The van der Waals surface area contributed by atoms with E-state index in [2.05, 4.69) is 97.1 Å². The summed E-state index contributed by atoms with van der Waals surface area (Å²) in [5.74, 6) is 0. The van der Waals surface area contributed by atoms with Crippen LogP contribution in [-0.4, -0.2) is 0 Å². The van der Waals surface area contributed by atoms with Crippen LogP contribution in [0.15, 0.2) is 97.1 Å². The number of hydrogen-bond donors (Lipinski definition) is 0. The normalized spacial score (nSPS) is 12.7. The first-order valence-electron chi connectivity index (χ1n) is 10.2. The molecule has 1 aliphatic carbocycles. The van der Waals surface area contributed by atoms with Crippen LogP contribution in [0.5, 0.6) is 0 Å². The van der Waals surface area contributed by atoms with E-state index in [-0.39, 0.29) is 0 Å². The summed E-state index contributed by atoms with van der Waals surface area (Å²) in [6.07, 6.45) is 1.02. The Labute approximate surface area is 169 Å². The van der Waals surface area contributed by atoms with Gasteiger partial charge in [-0.2, -0.15) is 0 Å². The van der Waals surface area contributed by atoms with Crippen molar-refractivity contribution < 1.29 is 0 Å². The summed E-state index contributed by atoms with van der Waals surface area (Å²) in [5.41, 5.74) is 5.70. The minimum atomic E-state index is 1.02.